The summed E-state index contributed by atoms with van der Waals surface area (Å²) in [5.41, 5.74) is 0.920. The van der Waals surface area contributed by atoms with Gasteiger partial charge >= 0.3 is 5.97 Å². The maximum Gasteiger partial charge on any atom is 0.335 e. The van der Waals surface area contributed by atoms with E-state index in [-0.39, 0.29) is 52.7 Å². The van der Waals surface area contributed by atoms with Gasteiger partial charge in [0.15, 0.2) is 39.4 Å². The van der Waals surface area contributed by atoms with Crippen molar-refractivity contribution in [2.45, 2.75) is 240 Å². The van der Waals surface area contributed by atoms with Gasteiger partial charge in [-0.3, -0.25) is 4.79 Å². The Labute approximate surface area is 385 Å². The van der Waals surface area contributed by atoms with E-state index in [1.54, 1.807) is 0 Å². The van der Waals surface area contributed by atoms with E-state index in [2.05, 4.69) is 129 Å². The van der Waals surface area contributed by atoms with Crippen LogP contribution in [0.25, 0.3) is 0 Å². The minimum atomic E-state index is -2.44. The molecule has 0 radical (unpaired) electrons. The van der Waals surface area contributed by atoms with Crippen LogP contribution in [-0.2, 0) is 32.0 Å². The van der Waals surface area contributed by atoms with Gasteiger partial charge in [0.25, 0.3) is 0 Å². The van der Waals surface area contributed by atoms with Gasteiger partial charge in [0.05, 0.1) is 30.5 Å². The predicted molar refractivity (Wildman–Crippen MR) is 269 cm³/mol. The molecule has 0 aliphatic heterocycles. The number of ether oxygens (including phenoxy) is 1. The molecule has 0 spiro atoms. The Kier molecular flexibility index (Phi) is 25.3. The average Bonchev–Trinajstić information content (AvgIpc) is 3.19. The Morgan fingerprint density at radius 1 is 0.629 bits per heavy atom. The normalized spacial score (nSPS) is 19.5. The number of aliphatic carboxylic acids is 1. The Morgan fingerprint density at radius 3 is 1.39 bits per heavy atom. The molecule has 0 aromatic carbocycles. The van der Waals surface area contributed by atoms with Gasteiger partial charge in [0, 0.05) is 49.7 Å². The van der Waals surface area contributed by atoms with Crippen LogP contribution >= 0.6 is 0 Å². The van der Waals surface area contributed by atoms with Gasteiger partial charge in [-0.1, -0.05) is 124 Å². The summed E-state index contributed by atoms with van der Waals surface area (Å²) >= 11 is 0. The van der Waals surface area contributed by atoms with Crippen LogP contribution < -0.4 is 0 Å². The molecule has 14 heteroatoms. The summed E-state index contributed by atoms with van der Waals surface area (Å²) in [6.07, 6.45) is -2.13. The maximum atomic E-state index is 14.8. The summed E-state index contributed by atoms with van der Waals surface area (Å²) in [6, 6.07) is 5.63. The smallest absolute Gasteiger partial charge is 0.335 e. The number of aliphatic hydroxyl groups excluding tert-OH is 2. The molecule has 11 atom stereocenters. The summed E-state index contributed by atoms with van der Waals surface area (Å²) in [6.45, 7) is 47.6. The van der Waals surface area contributed by atoms with E-state index in [0.29, 0.717) is 0 Å². The summed E-state index contributed by atoms with van der Waals surface area (Å²) in [5, 5.41) is 31.2. The van der Waals surface area contributed by atoms with Gasteiger partial charge < -0.3 is 37.8 Å². The molecule has 10 nitrogen and oxygen atoms in total. The number of allylic oxidation sites excluding steroid dienone is 1. The Hall–Kier alpha value is -0.532. The van der Waals surface area contributed by atoms with Crippen LogP contribution in [0, 0.1) is 29.6 Å². The van der Waals surface area contributed by atoms with Crippen molar-refractivity contribution in [1.82, 2.24) is 0 Å². The third kappa shape index (κ3) is 16.4. The van der Waals surface area contributed by atoms with Crippen LogP contribution in [0.1, 0.15) is 131 Å². The highest BCUT2D eigenvalue weighted by molar-refractivity contribution is 6.75. The highest BCUT2D eigenvalue weighted by Crippen LogP contribution is 2.43. The molecule has 62 heavy (non-hydrogen) atoms. The predicted octanol–water partition coefficient (Wildman–Crippen LogP) is 12.1. The number of rotatable bonds is 30. The van der Waals surface area contributed by atoms with Gasteiger partial charge in [-0.25, -0.2) is 4.79 Å². The zero-order chi connectivity index (χ0) is 49.0. The molecule has 0 aromatic heterocycles. The van der Waals surface area contributed by atoms with Gasteiger partial charge in [-0.05, 0) is 85.0 Å². The number of carbonyl (C=O) groups excluding carboxylic acids is 1. The second-order valence-electron chi connectivity index (χ2n) is 22.0. The van der Waals surface area contributed by atoms with Crippen LogP contribution in [0.3, 0.4) is 0 Å². The molecule has 0 amide bonds. The fraction of sp³-hybridized carbons (Fsp3) is 0.917. The van der Waals surface area contributed by atoms with E-state index in [1.165, 1.54) is 7.11 Å². The second kappa shape index (κ2) is 25.6. The first kappa shape index (κ1) is 61.5. The fourth-order valence-corrected chi connectivity index (χ4v) is 17.3. The highest BCUT2D eigenvalue weighted by atomic mass is 28.4. The quantitative estimate of drug-likeness (QED) is 0.0471. The van der Waals surface area contributed by atoms with Crippen molar-refractivity contribution in [3.05, 3.63) is 11.6 Å². The van der Waals surface area contributed by atoms with Crippen LogP contribution in [0.2, 0.25) is 72.5 Å². The fourth-order valence-electron chi connectivity index (χ4n) is 8.42. The molecule has 0 aliphatic rings. The maximum absolute atomic E-state index is 14.8. The summed E-state index contributed by atoms with van der Waals surface area (Å²) in [7, 11) is -7.74. The topological polar surface area (TPSA) is 141 Å². The second-order valence-corrected chi connectivity index (χ2v) is 40.9. The molecule has 0 saturated heterocycles. The summed E-state index contributed by atoms with van der Waals surface area (Å²) in [4.78, 5) is 26.9. The number of carboxylic acid groups (broad SMARTS) is 1. The van der Waals surface area contributed by atoms with E-state index in [0.717, 1.165) is 41.8 Å². The van der Waals surface area contributed by atoms with Gasteiger partial charge in [0.2, 0.25) is 0 Å². The van der Waals surface area contributed by atoms with E-state index in [1.807, 2.05) is 27.7 Å². The molecule has 0 saturated carbocycles. The molecular weight excluding hydrogens is 849 g/mol. The molecule has 0 aliphatic carbocycles. The number of methoxy groups -OCH3 is 1. The lowest BCUT2D eigenvalue weighted by molar-refractivity contribution is -0.160. The molecule has 0 rings (SSSR count). The number of carboxylic acids is 1. The van der Waals surface area contributed by atoms with Crippen molar-refractivity contribution in [1.29, 1.82) is 0 Å². The van der Waals surface area contributed by atoms with Crippen molar-refractivity contribution in [2.24, 2.45) is 29.6 Å². The zero-order valence-corrected chi connectivity index (χ0v) is 48.3. The molecule has 0 aromatic rings. The Bertz CT molecular complexity index is 1350. The standard InChI is InChI=1S/C48H100O10Si4/c1-24-61(25-2,26-3)57-43(35(9)32-49)36(10)40(55-59(20,21)47(13,14)15)31-39(50)33(7)30-34(8)42(56-60(22,23)48(16,17)18)37(11)44(58-62(27-4,28-5)29-6)38(12)45(54-19)41(51)46(52)53/h30,33,35-38,40-45,49,51H,24-29,31-32H2,1-23H3,(H,52,53)/b34-30+/t33-,35-,36+,37+,38+,40-,41+,42-,43+,44-,45-/m0/s1. The molecule has 0 fully saturated rings. The van der Waals surface area contributed by atoms with Crippen molar-refractivity contribution in [3.63, 3.8) is 0 Å². The van der Waals surface area contributed by atoms with Crippen molar-refractivity contribution in [3.8, 4) is 0 Å². The lowest BCUT2D eigenvalue weighted by Gasteiger charge is -2.46. The number of carbonyl (C=O) groups is 2. The first-order valence-electron chi connectivity index (χ1n) is 24.2. The van der Waals surface area contributed by atoms with E-state index < -0.39 is 81.6 Å². The number of ketones is 1. The summed E-state index contributed by atoms with van der Waals surface area (Å²) in [5.74, 6) is -2.81. The zero-order valence-electron chi connectivity index (χ0n) is 44.3. The molecule has 0 bridgehead atoms. The van der Waals surface area contributed by atoms with Gasteiger partial charge in [-0.15, -0.1) is 0 Å². The lowest BCUT2D eigenvalue weighted by Crippen LogP contribution is -2.54. The number of hydrogen-bond acceptors (Lipinski definition) is 9. The first-order chi connectivity index (χ1) is 28.2. The number of Topliss-reactive ketones (excluding diaryl/α,β-unsaturated/α-hetero) is 1. The van der Waals surface area contributed by atoms with E-state index in [4.69, 9.17) is 22.4 Å². The minimum Gasteiger partial charge on any atom is -0.479 e. The van der Waals surface area contributed by atoms with Crippen LogP contribution in [0.15, 0.2) is 11.6 Å². The third-order valence-electron chi connectivity index (χ3n) is 15.8. The SMILES string of the molecule is CC[Si](CC)(CC)O[C@H]([C@@H](C)[C@H](OC)[C@@H](O)C(=O)O)[C@H](C)[C@@H](O[Si](C)(C)C(C)(C)C)/C(C)=C/[C@H](C)C(=O)C[C@H](O[Si](C)(C)C(C)(C)C)[C@@H](C)[C@H](O[Si](CC)(CC)CC)[C@@H](C)CO. The molecular formula is C48H100O10Si4. The van der Waals surface area contributed by atoms with E-state index in [9.17, 15) is 24.9 Å². The number of hydrogen-bond donors (Lipinski definition) is 3. The average molecular weight is 950 g/mol. The third-order valence-corrected chi connectivity index (χ3v) is 34.0. The van der Waals surface area contributed by atoms with Crippen molar-refractivity contribution < 1.29 is 47.3 Å². The molecule has 0 unspecified atom stereocenters. The minimum absolute atomic E-state index is 0.00831. The molecule has 0 heterocycles. The van der Waals surface area contributed by atoms with Crippen molar-refractivity contribution >= 4 is 45.0 Å². The highest BCUT2D eigenvalue weighted by Gasteiger charge is 2.48. The van der Waals surface area contributed by atoms with Crippen LogP contribution in [0.4, 0.5) is 0 Å². The van der Waals surface area contributed by atoms with Crippen molar-refractivity contribution in [2.75, 3.05) is 13.7 Å². The Morgan fingerprint density at radius 2 is 1.03 bits per heavy atom. The first-order valence-corrected chi connectivity index (χ1v) is 35.1. The molecule has 3 N–H and O–H groups in total. The van der Waals surface area contributed by atoms with Gasteiger partial charge in [-0.2, -0.15) is 0 Å². The largest absolute Gasteiger partial charge is 0.479 e. The summed E-state index contributed by atoms with van der Waals surface area (Å²) < 4.78 is 34.8. The van der Waals surface area contributed by atoms with Crippen LogP contribution in [0.5, 0.6) is 0 Å². The van der Waals surface area contributed by atoms with E-state index >= 15 is 0 Å². The van der Waals surface area contributed by atoms with Crippen LogP contribution in [-0.4, -0.2) is 111 Å². The lowest BCUT2D eigenvalue weighted by atomic mass is 9.81. The monoisotopic (exact) mass is 949 g/mol. The Balaban J connectivity index is 7.67. The number of aliphatic hydroxyl groups is 2. The molecule has 368 valence electrons. The van der Waals surface area contributed by atoms with Gasteiger partial charge in [0.1, 0.15) is 5.78 Å².